The van der Waals surface area contributed by atoms with Crippen molar-refractivity contribution >= 4 is 46.0 Å². The van der Waals surface area contributed by atoms with Crippen molar-refractivity contribution in [3.8, 4) is 0 Å². The van der Waals surface area contributed by atoms with Crippen molar-refractivity contribution in [3.05, 3.63) is 41.6 Å². The lowest BCUT2D eigenvalue weighted by atomic mass is 9.85. The molecule has 2 fully saturated rings. The lowest BCUT2D eigenvalue weighted by Gasteiger charge is -2.34. The molecule has 3 heterocycles. The molecule has 11 heteroatoms. The number of nitrogens with zero attached hydrogens (tertiary/aromatic N) is 5. The van der Waals surface area contributed by atoms with Crippen molar-refractivity contribution in [2.45, 2.75) is 31.7 Å². The molecule has 0 spiro atoms. The highest BCUT2D eigenvalue weighted by Crippen LogP contribution is 2.29. The number of anilines is 3. The Hall–Kier alpha value is -3.11. The summed E-state index contributed by atoms with van der Waals surface area (Å²) in [5.74, 6) is 0.858. The van der Waals surface area contributed by atoms with Gasteiger partial charge in [-0.15, -0.1) is 0 Å². The molecule has 1 aliphatic carbocycles. The molecule has 178 valence electrons. The van der Waals surface area contributed by atoms with E-state index in [1.807, 2.05) is 4.90 Å². The first-order valence-electron chi connectivity index (χ1n) is 11.5. The second-order valence-corrected chi connectivity index (χ2v) is 9.08. The quantitative estimate of drug-likeness (QED) is 0.506. The van der Waals surface area contributed by atoms with Gasteiger partial charge in [0.2, 0.25) is 11.9 Å². The number of amides is 1. The molecular formula is C23H26ClFN8O. The molecule has 1 amide bonds. The molecule has 0 radical (unpaired) electrons. The highest BCUT2D eigenvalue weighted by Gasteiger charge is 2.30. The summed E-state index contributed by atoms with van der Waals surface area (Å²) < 4.78 is 13.5. The van der Waals surface area contributed by atoms with Gasteiger partial charge < -0.3 is 20.9 Å². The van der Waals surface area contributed by atoms with Gasteiger partial charge in [-0.3, -0.25) is 4.79 Å². The zero-order valence-corrected chi connectivity index (χ0v) is 19.4. The van der Waals surface area contributed by atoms with Gasteiger partial charge in [-0.25, -0.2) is 24.3 Å². The first-order chi connectivity index (χ1) is 16.6. The number of benzene rings is 1. The number of carbonyl (C=O) groups excluding carboxylic acids is 1. The van der Waals surface area contributed by atoms with Gasteiger partial charge in [0.1, 0.15) is 23.2 Å². The van der Waals surface area contributed by atoms with Gasteiger partial charge in [0.15, 0.2) is 5.82 Å². The molecule has 1 saturated heterocycles. The molecule has 2 aromatic heterocycles. The van der Waals surface area contributed by atoms with Crippen LogP contribution in [0, 0.1) is 11.7 Å². The van der Waals surface area contributed by atoms with Gasteiger partial charge in [0.25, 0.3) is 0 Å². The summed E-state index contributed by atoms with van der Waals surface area (Å²) in [5, 5.41) is 9.85. The molecular weight excluding hydrogens is 459 g/mol. The second kappa shape index (κ2) is 10.0. The minimum atomic E-state index is -0.488. The summed E-state index contributed by atoms with van der Waals surface area (Å²) >= 11 is 5.90. The zero-order valence-electron chi connectivity index (χ0n) is 18.6. The van der Waals surface area contributed by atoms with Gasteiger partial charge in [-0.1, -0.05) is 11.6 Å². The molecule has 0 unspecified atom stereocenters. The first kappa shape index (κ1) is 22.7. The maximum Gasteiger partial charge on any atom is 0.225 e. The molecule has 0 atom stereocenters. The highest BCUT2D eigenvalue weighted by molar-refractivity contribution is 6.31. The van der Waals surface area contributed by atoms with Crippen LogP contribution in [-0.2, 0) is 4.79 Å². The van der Waals surface area contributed by atoms with E-state index in [0.717, 1.165) is 51.9 Å². The standard InChI is InChI=1S/C23H26ClFN8O/c24-17-11-16(5-6-18(17)25)30-21-20-19(28-13-29-21)12-27-23(32-20)31-15-3-1-14(2-4-15)22(34)33-9-7-26-8-10-33/h5-6,11-15,26H,1-4,7-10H2,(H,27,31,32)(H,28,29,30). The number of nitrogens with one attached hydrogen (secondary N) is 3. The van der Waals surface area contributed by atoms with Crippen LogP contribution >= 0.6 is 11.6 Å². The van der Waals surface area contributed by atoms with Crippen LogP contribution in [0.5, 0.6) is 0 Å². The third kappa shape index (κ3) is 5.02. The van der Waals surface area contributed by atoms with E-state index in [9.17, 15) is 9.18 Å². The number of aromatic nitrogens is 4. The van der Waals surface area contributed by atoms with Crippen LogP contribution in [0.3, 0.4) is 0 Å². The van der Waals surface area contributed by atoms with Crippen molar-refractivity contribution < 1.29 is 9.18 Å². The van der Waals surface area contributed by atoms with Crippen LogP contribution in [0.25, 0.3) is 11.0 Å². The molecule has 1 aliphatic heterocycles. The van der Waals surface area contributed by atoms with Gasteiger partial charge in [0, 0.05) is 43.8 Å². The minimum Gasteiger partial charge on any atom is -0.351 e. The lowest BCUT2D eigenvalue weighted by Crippen LogP contribution is -2.49. The number of hydrogen-bond donors (Lipinski definition) is 3. The van der Waals surface area contributed by atoms with E-state index < -0.39 is 5.82 Å². The predicted molar refractivity (Wildman–Crippen MR) is 129 cm³/mol. The van der Waals surface area contributed by atoms with Crippen molar-refractivity contribution in [1.29, 1.82) is 0 Å². The van der Waals surface area contributed by atoms with E-state index in [1.165, 1.54) is 18.5 Å². The molecule has 2 aliphatic rings. The Morgan fingerprint density at radius 2 is 1.91 bits per heavy atom. The van der Waals surface area contributed by atoms with Crippen LogP contribution in [-0.4, -0.2) is 63.0 Å². The Morgan fingerprint density at radius 1 is 1.12 bits per heavy atom. The number of carbonyl (C=O) groups is 1. The van der Waals surface area contributed by atoms with Crippen LogP contribution in [0.2, 0.25) is 5.02 Å². The normalized spacial score (nSPS) is 20.8. The molecule has 0 bridgehead atoms. The van der Waals surface area contributed by atoms with E-state index >= 15 is 0 Å². The minimum absolute atomic E-state index is 0.0198. The Morgan fingerprint density at radius 3 is 2.68 bits per heavy atom. The van der Waals surface area contributed by atoms with Crippen molar-refractivity contribution in [2.24, 2.45) is 5.92 Å². The summed E-state index contributed by atoms with van der Waals surface area (Å²) in [6.07, 6.45) is 6.55. The average molecular weight is 485 g/mol. The largest absolute Gasteiger partial charge is 0.351 e. The fraction of sp³-hybridized carbons (Fsp3) is 0.435. The fourth-order valence-electron chi connectivity index (χ4n) is 4.54. The monoisotopic (exact) mass is 484 g/mol. The van der Waals surface area contributed by atoms with E-state index in [1.54, 1.807) is 12.3 Å². The van der Waals surface area contributed by atoms with Crippen molar-refractivity contribution in [2.75, 3.05) is 36.8 Å². The third-order valence-electron chi connectivity index (χ3n) is 6.40. The predicted octanol–water partition coefficient (Wildman–Crippen LogP) is 3.36. The van der Waals surface area contributed by atoms with Gasteiger partial charge in [-0.05, 0) is 43.9 Å². The lowest BCUT2D eigenvalue weighted by molar-refractivity contribution is -0.137. The van der Waals surface area contributed by atoms with Crippen LogP contribution in [0.1, 0.15) is 25.7 Å². The number of piperazine rings is 1. The van der Waals surface area contributed by atoms with Crippen molar-refractivity contribution in [1.82, 2.24) is 30.2 Å². The van der Waals surface area contributed by atoms with E-state index in [-0.39, 0.29) is 22.9 Å². The molecule has 9 nitrogen and oxygen atoms in total. The number of hydrogen-bond acceptors (Lipinski definition) is 8. The Balaban J connectivity index is 1.25. The van der Waals surface area contributed by atoms with E-state index in [4.69, 9.17) is 11.6 Å². The summed E-state index contributed by atoms with van der Waals surface area (Å²) in [4.78, 5) is 32.4. The molecule has 1 aromatic carbocycles. The van der Waals surface area contributed by atoms with Gasteiger partial charge in [0.05, 0.1) is 11.2 Å². The molecule has 3 N–H and O–H groups in total. The maximum absolute atomic E-state index is 13.5. The zero-order chi connectivity index (χ0) is 23.5. The average Bonchev–Trinajstić information content (AvgIpc) is 2.87. The summed E-state index contributed by atoms with van der Waals surface area (Å²) in [5.41, 5.74) is 1.72. The molecule has 5 rings (SSSR count). The van der Waals surface area contributed by atoms with Gasteiger partial charge >= 0.3 is 0 Å². The smallest absolute Gasteiger partial charge is 0.225 e. The number of fused-ring (bicyclic) bond motifs is 1. The Kier molecular flexibility index (Phi) is 6.68. The number of rotatable bonds is 5. The summed E-state index contributed by atoms with van der Waals surface area (Å²) in [6, 6.07) is 4.56. The maximum atomic E-state index is 13.5. The highest BCUT2D eigenvalue weighted by atomic mass is 35.5. The summed E-state index contributed by atoms with van der Waals surface area (Å²) in [6.45, 7) is 3.34. The second-order valence-electron chi connectivity index (χ2n) is 8.67. The van der Waals surface area contributed by atoms with Crippen LogP contribution in [0.15, 0.2) is 30.7 Å². The van der Waals surface area contributed by atoms with Crippen molar-refractivity contribution in [3.63, 3.8) is 0 Å². The molecule has 3 aromatic rings. The molecule has 1 saturated carbocycles. The number of halogens is 2. The topological polar surface area (TPSA) is 108 Å². The van der Waals surface area contributed by atoms with E-state index in [2.05, 4.69) is 35.9 Å². The summed E-state index contributed by atoms with van der Waals surface area (Å²) in [7, 11) is 0. The first-order valence-corrected chi connectivity index (χ1v) is 11.9. The third-order valence-corrected chi connectivity index (χ3v) is 6.69. The Labute approximate surface area is 201 Å². The molecule has 34 heavy (non-hydrogen) atoms. The Bertz CT molecular complexity index is 1180. The van der Waals surface area contributed by atoms with Gasteiger partial charge in [-0.2, -0.15) is 0 Å². The van der Waals surface area contributed by atoms with Crippen LogP contribution < -0.4 is 16.0 Å². The fourth-order valence-corrected chi connectivity index (χ4v) is 4.72. The SMILES string of the molecule is O=C(C1CCC(Nc2ncc3ncnc(Nc4ccc(F)c(Cl)c4)c3n2)CC1)N1CCNCC1. The van der Waals surface area contributed by atoms with E-state index in [0.29, 0.717) is 28.5 Å². The van der Waals surface area contributed by atoms with Crippen LogP contribution in [0.4, 0.5) is 21.8 Å².